The van der Waals surface area contributed by atoms with Crippen LogP contribution in [0.5, 0.6) is 0 Å². The Kier molecular flexibility index (Phi) is 6.52. The predicted molar refractivity (Wildman–Crippen MR) is 84.3 cm³/mol. The predicted octanol–water partition coefficient (Wildman–Crippen LogP) is 2.35. The molecule has 20 heavy (non-hydrogen) atoms. The highest BCUT2D eigenvalue weighted by atomic mass is 16.2. The third-order valence-electron chi connectivity index (χ3n) is 3.40. The normalized spacial score (nSPS) is 11.1. The van der Waals surface area contributed by atoms with Gasteiger partial charge in [0.1, 0.15) is 0 Å². The lowest BCUT2D eigenvalue weighted by molar-refractivity contribution is -0.128. The van der Waals surface area contributed by atoms with Gasteiger partial charge in [0.25, 0.3) is 0 Å². The molecule has 0 saturated carbocycles. The van der Waals surface area contributed by atoms with Crippen LogP contribution >= 0.6 is 0 Å². The minimum atomic E-state index is 0.192. The van der Waals surface area contributed by atoms with Gasteiger partial charge in [0.15, 0.2) is 0 Å². The lowest BCUT2D eigenvalue weighted by atomic mass is 10.1. The molecule has 0 unspecified atom stereocenters. The second kappa shape index (κ2) is 7.90. The van der Waals surface area contributed by atoms with Crippen LogP contribution in [-0.2, 0) is 11.3 Å². The summed E-state index contributed by atoms with van der Waals surface area (Å²) in [6.07, 6.45) is 1.49. The second-order valence-corrected chi connectivity index (χ2v) is 5.70. The van der Waals surface area contributed by atoms with Gasteiger partial charge in [-0.05, 0) is 44.5 Å². The van der Waals surface area contributed by atoms with Gasteiger partial charge in [0.2, 0.25) is 5.91 Å². The quantitative estimate of drug-likeness (QED) is 0.778. The standard InChI is InChI=1S/C16H27N3O/c1-13(2)19(10-6-9-16(20)18(3)4)12-14-7-5-8-15(17)11-14/h5,7-8,11,13H,6,9-10,12,17H2,1-4H3. The van der Waals surface area contributed by atoms with Gasteiger partial charge in [-0.25, -0.2) is 0 Å². The smallest absolute Gasteiger partial charge is 0.222 e. The van der Waals surface area contributed by atoms with Crippen LogP contribution < -0.4 is 5.73 Å². The van der Waals surface area contributed by atoms with Crippen molar-refractivity contribution in [1.82, 2.24) is 9.80 Å². The Morgan fingerprint density at radius 1 is 1.30 bits per heavy atom. The number of hydrogen-bond donors (Lipinski definition) is 1. The molecule has 0 heterocycles. The number of anilines is 1. The zero-order valence-corrected chi connectivity index (χ0v) is 13.1. The van der Waals surface area contributed by atoms with Crippen LogP contribution in [-0.4, -0.2) is 42.4 Å². The Morgan fingerprint density at radius 2 is 2.00 bits per heavy atom. The van der Waals surface area contributed by atoms with Crippen LogP contribution in [0.2, 0.25) is 0 Å². The number of nitrogens with zero attached hydrogens (tertiary/aromatic N) is 2. The van der Waals surface area contributed by atoms with E-state index in [0.717, 1.165) is 25.2 Å². The number of benzene rings is 1. The van der Waals surface area contributed by atoms with Gasteiger partial charge in [-0.2, -0.15) is 0 Å². The molecule has 0 bridgehead atoms. The number of nitrogen functional groups attached to an aromatic ring is 1. The molecule has 0 fully saturated rings. The fourth-order valence-electron chi connectivity index (χ4n) is 2.10. The second-order valence-electron chi connectivity index (χ2n) is 5.70. The van der Waals surface area contributed by atoms with Gasteiger partial charge in [-0.15, -0.1) is 0 Å². The van der Waals surface area contributed by atoms with Crippen LogP contribution in [0.15, 0.2) is 24.3 Å². The Hall–Kier alpha value is -1.55. The monoisotopic (exact) mass is 277 g/mol. The summed E-state index contributed by atoms with van der Waals surface area (Å²) < 4.78 is 0. The first-order chi connectivity index (χ1) is 9.40. The summed E-state index contributed by atoms with van der Waals surface area (Å²) in [5, 5.41) is 0. The maximum Gasteiger partial charge on any atom is 0.222 e. The van der Waals surface area contributed by atoms with E-state index in [9.17, 15) is 4.79 Å². The molecular weight excluding hydrogens is 250 g/mol. The minimum absolute atomic E-state index is 0.192. The van der Waals surface area contributed by atoms with E-state index in [1.165, 1.54) is 5.56 Å². The Balaban J connectivity index is 2.51. The van der Waals surface area contributed by atoms with E-state index >= 15 is 0 Å². The molecule has 1 aromatic carbocycles. The van der Waals surface area contributed by atoms with Crippen molar-refractivity contribution >= 4 is 11.6 Å². The summed E-state index contributed by atoms with van der Waals surface area (Å²) in [4.78, 5) is 15.6. The van der Waals surface area contributed by atoms with Crippen molar-refractivity contribution in [2.75, 3.05) is 26.4 Å². The molecule has 0 radical (unpaired) electrons. The van der Waals surface area contributed by atoms with Crippen LogP contribution in [0.3, 0.4) is 0 Å². The molecule has 0 spiro atoms. The van der Waals surface area contributed by atoms with Gasteiger partial charge in [-0.1, -0.05) is 12.1 Å². The third kappa shape index (κ3) is 5.61. The van der Waals surface area contributed by atoms with Crippen molar-refractivity contribution in [3.05, 3.63) is 29.8 Å². The molecule has 0 saturated heterocycles. The van der Waals surface area contributed by atoms with Crippen molar-refractivity contribution in [3.63, 3.8) is 0 Å². The number of hydrogen-bond acceptors (Lipinski definition) is 3. The Labute approximate surface area is 122 Å². The molecule has 0 aliphatic rings. The Morgan fingerprint density at radius 3 is 2.55 bits per heavy atom. The lowest BCUT2D eigenvalue weighted by Gasteiger charge is -2.26. The number of rotatable bonds is 7. The molecule has 4 heteroatoms. The van der Waals surface area contributed by atoms with Crippen molar-refractivity contribution in [3.8, 4) is 0 Å². The first-order valence-corrected chi connectivity index (χ1v) is 7.18. The average Bonchev–Trinajstić information content (AvgIpc) is 2.37. The number of nitrogens with two attached hydrogens (primary N) is 1. The summed E-state index contributed by atoms with van der Waals surface area (Å²) in [6, 6.07) is 8.44. The summed E-state index contributed by atoms with van der Waals surface area (Å²) in [5.41, 5.74) is 7.83. The first-order valence-electron chi connectivity index (χ1n) is 7.18. The lowest BCUT2D eigenvalue weighted by Crippen LogP contribution is -2.32. The van der Waals surface area contributed by atoms with Gasteiger partial charge in [-0.3, -0.25) is 9.69 Å². The van der Waals surface area contributed by atoms with Crippen molar-refractivity contribution in [2.45, 2.75) is 39.3 Å². The van der Waals surface area contributed by atoms with E-state index in [0.29, 0.717) is 12.5 Å². The molecule has 2 N–H and O–H groups in total. The molecule has 1 amide bonds. The largest absolute Gasteiger partial charge is 0.399 e. The maximum atomic E-state index is 11.6. The highest BCUT2D eigenvalue weighted by molar-refractivity contribution is 5.75. The van der Waals surface area contributed by atoms with Gasteiger partial charge < -0.3 is 10.6 Å². The zero-order chi connectivity index (χ0) is 15.1. The number of amides is 1. The van der Waals surface area contributed by atoms with Crippen molar-refractivity contribution in [2.24, 2.45) is 0 Å². The van der Waals surface area contributed by atoms with Gasteiger partial charge in [0.05, 0.1) is 0 Å². The topological polar surface area (TPSA) is 49.6 Å². The molecule has 4 nitrogen and oxygen atoms in total. The highest BCUT2D eigenvalue weighted by Gasteiger charge is 2.11. The van der Waals surface area contributed by atoms with E-state index in [-0.39, 0.29) is 5.91 Å². The summed E-state index contributed by atoms with van der Waals surface area (Å²) in [6.45, 7) is 6.16. The van der Waals surface area contributed by atoms with Crippen LogP contribution in [0.1, 0.15) is 32.3 Å². The molecule has 1 aromatic rings. The minimum Gasteiger partial charge on any atom is -0.399 e. The molecular formula is C16H27N3O. The van der Waals surface area contributed by atoms with Crippen LogP contribution in [0.4, 0.5) is 5.69 Å². The molecule has 1 rings (SSSR count). The van der Waals surface area contributed by atoms with E-state index in [2.05, 4.69) is 24.8 Å². The molecule has 0 aliphatic heterocycles. The maximum absolute atomic E-state index is 11.6. The van der Waals surface area contributed by atoms with Crippen LogP contribution in [0.25, 0.3) is 0 Å². The highest BCUT2D eigenvalue weighted by Crippen LogP contribution is 2.12. The van der Waals surface area contributed by atoms with Gasteiger partial charge >= 0.3 is 0 Å². The number of carbonyl (C=O) groups excluding carboxylic acids is 1. The van der Waals surface area contributed by atoms with Crippen molar-refractivity contribution < 1.29 is 4.79 Å². The zero-order valence-electron chi connectivity index (χ0n) is 13.1. The summed E-state index contributed by atoms with van der Waals surface area (Å²) in [5.74, 6) is 0.192. The third-order valence-corrected chi connectivity index (χ3v) is 3.40. The summed E-state index contributed by atoms with van der Waals surface area (Å²) in [7, 11) is 3.60. The number of carbonyl (C=O) groups is 1. The fraction of sp³-hybridized carbons (Fsp3) is 0.562. The van der Waals surface area contributed by atoms with E-state index in [1.807, 2.05) is 18.2 Å². The SMILES string of the molecule is CC(C)N(CCCC(=O)N(C)C)Cc1cccc(N)c1. The molecule has 112 valence electrons. The Bertz CT molecular complexity index is 429. The average molecular weight is 277 g/mol. The molecule has 0 aliphatic carbocycles. The van der Waals surface area contributed by atoms with Gasteiger partial charge in [0, 0.05) is 38.8 Å². The first kappa shape index (κ1) is 16.5. The van der Waals surface area contributed by atoms with E-state index < -0.39 is 0 Å². The van der Waals surface area contributed by atoms with E-state index in [4.69, 9.17) is 5.73 Å². The fourth-order valence-corrected chi connectivity index (χ4v) is 2.10. The van der Waals surface area contributed by atoms with E-state index in [1.54, 1.807) is 19.0 Å². The molecule has 0 atom stereocenters. The molecule has 0 aromatic heterocycles. The van der Waals surface area contributed by atoms with Crippen LogP contribution in [0, 0.1) is 0 Å². The van der Waals surface area contributed by atoms with Crippen molar-refractivity contribution in [1.29, 1.82) is 0 Å². The summed E-state index contributed by atoms with van der Waals surface area (Å²) >= 11 is 0.